The number of phenols is 1. The Labute approximate surface area is 130 Å². The maximum absolute atomic E-state index is 12.0. The Bertz CT molecular complexity index is 614. The van der Waals surface area contributed by atoms with Crippen molar-refractivity contribution in [3.8, 4) is 11.6 Å². The van der Waals surface area contributed by atoms with Gasteiger partial charge >= 0.3 is 0 Å². The van der Waals surface area contributed by atoms with Crippen LogP contribution in [0.4, 0.5) is 0 Å². The molecule has 0 aliphatic rings. The van der Waals surface area contributed by atoms with E-state index in [1.807, 2.05) is 6.07 Å². The number of nitrogens with one attached hydrogen (secondary N) is 1. The van der Waals surface area contributed by atoms with E-state index in [0.29, 0.717) is 12.4 Å². The van der Waals surface area contributed by atoms with Crippen molar-refractivity contribution in [2.75, 3.05) is 7.11 Å². The van der Waals surface area contributed by atoms with Crippen LogP contribution in [0.25, 0.3) is 0 Å². The van der Waals surface area contributed by atoms with Crippen LogP contribution in [0.5, 0.6) is 11.6 Å². The molecule has 0 bridgehead atoms. The summed E-state index contributed by atoms with van der Waals surface area (Å²) in [5.74, 6) is 0.169. The summed E-state index contributed by atoms with van der Waals surface area (Å²) in [6.45, 7) is 0.334. The standard InChI is InChI=1S/C14H13IN2O3/c1-20-13-5-2-9(7-16-13)8-17-14(19)11-6-10(15)3-4-12(11)18/h2-7,18H,8H2,1H3,(H,17,19). The number of aromatic hydroxyl groups is 1. The Morgan fingerprint density at radius 2 is 2.20 bits per heavy atom. The van der Waals surface area contributed by atoms with Crippen molar-refractivity contribution in [1.82, 2.24) is 10.3 Å². The Hall–Kier alpha value is -1.83. The van der Waals surface area contributed by atoms with Crippen LogP contribution in [-0.4, -0.2) is 23.1 Å². The number of hydrogen-bond acceptors (Lipinski definition) is 4. The highest BCUT2D eigenvalue weighted by atomic mass is 127. The number of carbonyl (C=O) groups excluding carboxylic acids is 1. The number of pyridine rings is 1. The summed E-state index contributed by atoms with van der Waals surface area (Å²) < 4.78 is 5.85. The van der Waals surface area contributed by atoms with Crippen molar-refractivity contribution in [2.45, 2.75) is 6.54 Å². The number of hydrogen-bond donors (Lipinski definition) is 2. The molecule has 1 aromatic carbocycles. The molecule has 0 unspecified atom stereocenters. The molecule has 0 spiro atoms. The summed E-state index contributed by atoms with van der Waals surface area (Å²) in [7, 11) is 1.55. The minimum Gasteiger partial charge on any atom is -0.507 e. The molecule has 1 amide bonds. The maximum Gasteiger partial charge on any atom is 0.255 e. The lowest BCUT2D eigenvalue weighted by Crippen LogP contribution is -2.23. The molecule has 0 saturated heterocycles. The van der Waals surface area contributed by atoms with Crippen LogP contribution in [0.3, 0.4) is 0 Å². The molecule has 20 heavy (non-hydrogen) atoms. The van der Waals surface area contributed by atoms with E-state index in [-0.39, 0.29) is 17.2 Å². The lowest BCUT2D eigenvalue weighted by Gasteiger charge is -2.07. The van der Waals surface area contributed by atoms with Crippen molar-refractivity contribution in [3.05, 3.63) is 51.2 Å². The van der Waals surface area contributed by atoms with Gasteiger partial charge in [0.15, 0.2) is 0 Å². The third-order valence-electron chi connectivity index (χ3n) is 2.66. The van der Waals surface area contributed by atoms with Crippen LogP contribution >= 0.6 is 22.6 Å². The molecule has 2 rings (SSSR count). The van der Waals surface area contributed by atoms with E-state index in [4.69, 9.17) is 4.74 Å². The average molecular weight is 384 g/mol. The third kappa shape index (κ3) is 3.60. The van der Waals surface area contributed by atoms with Crippen LogP contribution in [0, 0.1) is 3.57 Å². The Morgan fingerprint density at radius 3 is 2.85 bits per heavy atom. The lowest BCUT2D eigenvalue weighted by atomic mass is 10.2. The van der Waals surface area contributed by atoms with Gasteiger partial charge in [0.05, 0.1) is 12.7 Å². The predicted molar refractivity (Wildman–Crippen MR) is 82.8 cm³/mol. The molecule has 0 radical (unpaired) electrons. The molecule has 1 aromatic heterocycles. The van der Waals surface area contributed by atoms with Crippen LogP contribution < -0.4 is 10.1 Å². The molecule has 0 atom stereocenters. The van der Waals surface area contributed by atoms with Gasteiger partial charge in [-0.2, -0.15) is 0 Å². The second-order valence-corrected chi connectivity index (χ2v) is 5.30. The second kappa shape index (κ2) is 6.56. The maximum atomic E-state index is 12.0. The number of nitrogens with zero attached hydrogens (tertiary/aromatic N) is 1. The van der Waals surface area contributed by atoms with E-state index in [2.05, 4.69) is 32.9 Å². The number of phenolic OH excluding ortho intramolecular Hbond substituents is 1. The number of aromatic nitrogens is 1. The van der Waals surface area contributed by atoms with E-state index in [1.165, 1.54) is 6.07 Å². The number of carbonyl (C=O) groups is 1. The number of halogens is 1. The molecule has 0 aliphatic carbocycles. The van der Waals surface area contributed by atoms with Gasteiger partial charge < -0.3 is 15.2 Å². The van der Waals surface area contributed by atoms with E-state index < -0.39 is 0 Å². The van der Waals surface area contributed by atoms with Crippen LogP contribution in [0.15, 0.2) is 36.5 Å². The first kappa shape index (κ1) is 14.6. The van der Waals surface area contributed by atoms with Crippen molar-refractivity contribution in [2.24, 2.45) is 0 Å². The monoisotopic (exact) mass is 384 g/mol. The normalized spacial score (nSPS) is 10.1. The summed E-state index contributed by atoms with van der Waals surface area (Å²) >= 11 is 2.09. The number of methoxy groups -OCH3 is 1. The Balaban J connectivity index is 2.02. The summed E-state index contributed by atoms with van der Waals surface area (Å²) in [6, 6.07) is 8.42. The number of rotatable bonds is 4. The molecule has 6 heteroatoms. The molecule has 104 valence electrons. The van der Waals surface area contributed by atoms with E-state index in [0.717, 1.165) is 9.13 Å². The fourth-order valence-electron chi connectivity index (χ4n) is 1.60. The van der Waals surface area contributed by atoms with Gasteiger partial charge in [0.25, 0.3) is 5.91 Å². The predicted octanol–water partition coefficient (Wildman–Crippen LogP) is 2.33. The SMILES string of the molecule is COc1ccc(CNC(=O)c2cc(I)ccc2O)cn1. The highest BCUT2D eigenvalue weighted by Crippen LogP contribution is 2.19. The first-order chi connectivity index (χ1) is 9.60. The minimum atomic E-state index is -0.322. The molecule has 0 aliphatic heterocycles. The Kier molecular flexibility index (Phi) is 4.78. The summed E-state index contributed by atoms with van der Waals surface area (Å²) in [6.07, 6.45) is 1.63. The zero-order valence-electron chi connectivity index (χ0n) is 10.8. The molecule has 0 saturated carbocycles. The van der Waals surface area contributed by atoms with Gasteiger partial charge in [0, 0.05) is 22.4 Å². The summed E-state index contributed by atoms with van der Waals surface area (Å²) in [5, 5.41) is 12.4. The van der Waals surface area contributed by atoms with Gasteiger partial charge in [-0.05, 0) is 46.4 Å². The van der Waals surface area contributed by atoms with Crippen molar-refractivity contribution >= 4 is 28.5 Å². The number of benzene rings is 1. The molecule has 2 aromatic rings. The van der Waals surface area contributed by atoms with Gasteiger partial charge in [-0.25, -0.2) is 4.98 Å². The fraction of sp³-hybridized carbons (Fsp3) is 0.143. The largest absolute Gasteiger partial charge is 0.507 e. The zero-order chi connectivity index (χ0) is 14.5. The average Bonchev–Trinajstić information content (AvgIpc) is 2.47. The van der Waals surface area contributed by atoms with Crippen molar-refractivity contribution < 1.29 is 14.6 Å². The molecule has 2 N–H and O–H groups in total. The molecule has 1 heterocycles. The third-order valence-corrected chi connectivity index (χ3v) is 3.33. The lowest BCUT2D eigenvalue weighted by molar-refractivity contribution is 0.0948. The minimum absolute atomic E-state index is 0.0317. The first-order valence-corrected chi connectivity index (χ1v) is 6.93. The van der Waals surface area contributed by atoms with E-state index in [9.17, 15) is 9.90 Å². The van der Waals surface area contributed by atoms with Gasteiger partial charge in [-0.1, -0.05) is 6.07 Å². The van der Waals surface area contributed by atoms with Gasteiger partial charge in [0.1, 0.15) is 5.75 Å². The van der Waals surface area contributed by atoms with Gasteiger partial charge in [-0.3, -0.25) is 4.79 Å². The first-order valence-electron chi connectivity index (χ1n) is 5.86. The smallest absolute Gasteiger partial charge is 0.255 e. The fourth-order valence-corrected chi connectivity index (χ4v) is 2.10. The molecular weight excluding hydrogens is 371 g/mol. The van der Waals surface area contributed by atoms with E-state index in [1.54, 1.807) is 31.5 Å². The van der Waals surface area contributed by atoms with Crippen LogP contribution in [-0.2, 0) is 6.54 Å². The number of ether oxygens (including phenoxy) is 1. The van der Waals surface area contributed by atoms with Crippen molar-refractivity contribution in [1.29, 1.82) is 0 Å². The van der Waals surface area contributed by atoms with Crippen LogP contribution in [0.1, 0.15) is 15.9 Å². The summed E-state index contributed by atoms with van der Waals surface area (Å²) in [5.41, 5.74) is 1.11. The molecular formula is C14H13IN2O3. The Morgan fingerprint density at radius 1 is 1.40 bits per heavy atom. The molecule has 5 nitrogen and oxygen atoms in total. The summed E-state index contributed by atoms with van der Waals surface area (Å²) in [4.78, 5) is 16.1. The number of amides is 1. The van der Waals surface area contributed by atoms with Crippen LogP contribution in [0.2, 0.25) is 0 Å². The second-order valence-electron chi connectivity index (χ2n) is 4.05. The highest BCUT2D eigenvalue weighted by molar-refractivity contribution is 14.1. The van der Waals surface area contributed by atoms with E-state index >= 15 is 0 Å². The quantitative estimate of drug-likeness (QED) is 0.794. The zero-order valence-corrected chi connectivity index (χ0v) is 12.9. The van der Waals surface area contributed by atoms with Gasteiger partial charge in [-0.15, -0.1) is 0 Å². The van der Waals surface area contributed by atoms with Crippen molar-refractivity contribution in [3.63, 3.8) is 0 Å². The molecule has 0 fully saturated rings. The topological polar surface area (TPSA) is 71.5 Å². The highest BCUT2D eigenvalue weighted by Gasteiger charge is 2.11. The van der Waals surface area contributed by atoms with Gasteiger partial charge in [0.2, 0.25) is 5.88 Å².